The molecule has 11 heavy (non-hydrogen) atoms. The second kappa shape index (κ2) is 5.59. The molecule has 0 aromatic rings. The quantitative estimate of drug-likeness (QED) is 0.593. The molecule has 0 aliphatic rings. The van der Waals surface area contributed by atoms with Gasteiger partial charge in [0.05, 0.1) is 0 Å². The van der Waals surface area contributed by atoms with Gasteiger partial charge in [-0.25, -0.2) is 0 Å². The summed E-state index contributed by atoms with van der Waals surface area (Å²) in [5, 5.41) is 0. The second-order valence-corrected chi connectivity index (χ2v) is 3.71. The molecule has 0 amide bonds. The molecule has 68 valence electrons. The lowest BCUT2D eigenvalue weighted by Crippen LogP contribution is -2.33. The number of hydrogen-bond donors (Lipinski definition) is 0. The first-order valence-corrected chi connectivity index (χ1v) is 4.79. The minimum atomic E-state index is 0.782. The highest BCUT2D eigenvalue weighted by Gasteiger charge is 2.15. The lowest BCUT2D eigenvalue weighted by Gasteiger charge is -2.29. The first-order valence-electron chi connectivity index (χ1n) is 4.79. The Morgan fingerprint density at radius 3 is 2.00 bits per heavy atom. The molecule has 0 radical (unpaired) electrons. The summed E-state index contributed by atoms with van der Waals surface area (Å²) in [5.41, 5.74) is 0. The maximum Gasteiger partial charge on any atom is 0.0115 e. The van der Waals surface area contributed by atoms with Gasteiger partial charge in [-0.3, -0.25) is 0 Å². The molecule has 0 aliphatic heterocycles. The van der Waals surface area contributed by atoms with Crippen LogP contribution < -0.4 is 0 Å². The Morgan fingerprint density at radius 2 is 1.73 bits per heavy atom. The molecule has 0 saturated heterocycles. The number of hydrogen-bond acceptors (Lipinski definition) is 1. The number of rotatable bonds is 5. The van der Waals surface area contributed by atoms with Crippen LogP contribution in [0, 0.1) is 5.92 Å². The van der Waals surface area contributed by atoms with Gasteiger partial charge in [0.1, 0.15) is 0 Å². The highest BCUT2D eigenvalue weighted by Crippen LogP contribution is 2.16. The van der Waals surface area contributed by atoms with Gasteiger partial charge in [-0.2, -0.15) is 0 Å². The van der Waals surface area contributed by atoms with Gasteiger partial charge in [-0.05, 0) is 26.4 Å². The molecule has 0 rings (SSSR count). The van der Waals surface area contributed by atoms with Crippen LogP contribution in [-0.2, 0) is 0 Å². The zero-order valence-corrected chi connectivity index (χ0v) is 8.72. The van der Waals surface area contributed by atoms with Crippen molar-refractivity contribution in [3.05, 3.63) is 0 Å². The third-order valence-corrected chi connectivity index (χ3v) is 2.55. The molecule has 1 heteroatoms. The Kier molecular flexibility index (Phi) is 5.57. The summed E-state index contributed by atoms with van der Waals surface area (Å²) in [6, 6.07) is 0.782. The molecular formula is C10H23N. The van der Waals surface area contributed by atoms with Crippen molar-refractivity contribution in [2.75, 3.05) is 14.1 Å². The molecule has 0 saturated carbocycles. The maximum absolute atomic E-state index is 2.36. The van der Waals surface area contributed by atoms with Crippen LogP contribution in [0.3, 0.4) is 0 Å². The van der Waals surface area contributed by atoms with E-state index in [-0.39, 0.29) is 0 Å². The van der Waals surface area contributed by atoms with Crippen molar-refractivity contribution in [2.45, 2.75) is 46.1 Å². The van der Waals surface area contributed by atoms with Crippen LogP contribution in [0.5, 0.6) is 0 Å². The smallest absolute Gasteiger partial charge is 0.0115 e. The molecule has 2 unspecified atom stereocenters. The summed E-state index contributed by atoms with van der Waals surface area (Å²) in [4.78, 5) is 2.36. The van der Waals surface area contributed by atoms with Gasteiger partial charge in [0, 0.05) is 6.04 Å². The van der Waals surface area contributed by atoms with Crippen LogP contribution in [0.15, 0.2) is 0 Å². The van der Waals surface area contributed by atoms with Crippen molar-refractivity contribution in [3.8, 4) is 0 Å². The monoisotopic (exact) mass is 157 g/mol. The average molecular weight is 157 g/mol. The Hall–Kier alpha value is -0.0400. The van der Waals surface area contributed by atoms with Gasteiger partial charge in [-0.1, -0.05) is 33.6 Å². The molecule has 0 aliphatic carbocycles. The van der Waals surface area contributed by atoms with Crippen LogP contribution in [-0.4, -0.2) is 25.0 Å². The van der Waals surface area contributed by atoms with E-state index in [2.05, 4.69) is 39.8 Å². The molecule has 0 aromatic carbocycles. The lowest BCUT2D eigenvalue weighted by molar-refractivity contribution is 0.202. The summed E-state index contributed by atoms with van der Waals surface area (Å²) in [7, 11) is 4.37. The normalized spacial score (nSPS) is 16.9. The molecule has 0 heterocycles. The van der Waals surface area contributed by atoms with Gasteiger partial charge in [-0.15, -0.1) is 0 Å². The van der Waals surface area contributed by atoms with Crippen molar-refractivity contribution < 1.29 is 0 Å². The molecule has 0 N–H and O–H groups in total. The Balaban J connectivity index is 3.87. The largest absolute Gasteiger partial charge is 0.306 e. The van der Waals surface area contributed by atoms with Gasteiger partial charge in [0.2, 0.25) is 0 Å². The van der Waals surface area contributed by atoms with Crippen LogP contribution in [0.25, 0.3) is 0 Å². The summed E-state index contributed by atoms with van der Waals surface area (Å²) in [5.74, 6) is 0.838. The highest BCUT2D eigenvalue weighted by molar-refractivity contribution is 4.71. The van der Waals surface area contributed by atoms with E-state index >= 15 is 0 Å². The second-order valence-electron chi connectivity index (χ2n) is 3.71. The van der Waals surface area contributed by atoms with Crippen molar-refractivity contribution in [2.24, 2.45) is 5.92 Å². The van der Waals surface area contributed by atoms with E-state index in [1.54, 1.807) is 0 Å². The van der Waals surface area contributed by atoms with Crippen molar-refractivity contribution in [1.82, 2.24) is 4.90 Å². The summed E-state index contributed by atoms with van der Waals surface area (Å²) < 4.78 is 0. The molecule has 0 aromatic heterocycles. The highest BCUT2D eigenvalue weighted by atomic mass is 15.1. The fourth-order valence-electron chi connectivity index (χ4n) is 1.62. The Bertz CT molecular complexity index is 88.9. The average Bonchev–Trinajstić information content (AvgIpc) is 1.98. The van der Waals surface area contributed by atoms with Gasteiger partial charge in [0.15, 0.2) is 0 Å². The first-order chi connectivity index (χ1) is 5.13. The van der Waals surface area contributed by atoms with E-state index in [9.17, 15) is 0 Å². The van der Waals surface area contributed by atoms with Crippen LogP contribution >= 0.6 is 0 Å². The standard InChI is InChI=1S/C10H23N/c1-6-8-10(11(4)5)9(3)7-2/h9-10H,6-8H2,1-5H3. The van der Waals surface area contributed by atoms with Crippen LogP contribution in [0.4, 0.5) is 0 Å². The molecule has 0 spiro atoms. The Morgan fingerprint density at radius 1 is 1.18 bits per heavy atom. The molecule has 0 fully saturated rings. The molecule has 2 atom stereocenters. The SMILES string of the molecule is CCCC(C(C)CC)N(C)C. The molecule has 1 nitrogen and oxygen atoms in total. The van der Waals surface area contributed by atoms with Crippen molar-refractivity contribution in [3.63, 3.8) is 0 Å². The fraction of sp³-hybridized carbons (Fsp3) is 1.00. The zero-order valence-electron chi connectivity index (χ0n) is 8.72. The lowest BCUT2D eigenvalue weighted by atomic mass is 9.94. The van der Waals surface area contributed by atoms with Crippen molar-refractivity contribution in [1.29, 1.82) is 0 Å². The zero-order chi connectivity index (χ0) is 8.85. The van der Waals surface area contributed by atoms with E-state index in [1.165, 1.54) is 19.3 Å². The summed E-state index contributed by atoms with van der Waals surface area (Å²) in [6.07, 6.45) is 3.93. The predicted molar refractivity (Wildman–Crippen MR) is 51.8 cm³/mol. The van der Waals surface area contributed by atoms with E-state index in [0.717, 1.165) is 12.0 Å². The minimum absolute atomic E-state index is 0.782. The van der Waals surface area contributed by atoms with E-state index in [0.29, 0.717) is 0 Å². The summed E-state index contributed by atoms with van der Waals surface area (Å²) >= 11 is 0. The van der Waals surface area contributed by atoms with Gasteiger partial charge in [0.25, 0.3) is 0 Å². The van der Waals surface area contributed by atoms with Crippen molar-refractivity contribution >= 4 is 0 Å². The van der Waals surface area contributed by atoms with E-state index in [4.69, 9.17) is 0 Å². The predicted octanol–water partition coefficient (Wildman–Crippen LogP) is 2.76. The van der Waals surface area contributed by atoms with Crippen LogP contribution in [0.1, 0.15) is 40.0 Å². The van der Waals surface area contributed by atoms with Gasteiger partial charge < -0.3 is 4.90 Å². The third kappa shape index (κ3) is 3.76. The fourth-order valence-corrected chi connectivity index (χ4v) is 1.62. The van der Waals surface area contributed by atoms with Crippen LogP contribution in [0.2, 0.25) is 0 Å². The maximum atomic E-state index is 2.36. The number of nitrogens with zero attached hydrogens (tertiary/aromatic N) is 1. The van der Waals surface area contributed by atoms with Gasteiger partial charge >= 0.3 is 0 Å². The minimum Gasteiger partial charge on any atom is -0.306 e. The molecule has 0 bridgehead atoms. The topological polar surface area (TPSA) is 3.24 Å². The molecular weight excluding hydrogens is 134 g/mol. The third-order valence-electron chi connectivity index (χ3n) is 2.55. The van der Waals surface area contributed by atoms with E-state index < -0.39 is 0 Å². The van der Waals surface area contributed by atoms with E-state index in [1.807, 2.05) is 0 Å². The summed E-state index contributed by atoms with van der Waals surface area (Å²) in [6.45, 7) is 6.88. The first kappa shape index (κ1) is 11.0. The Labute approximate surface area is 71.8 Å².